The number of hydrogen-bond acceptors (Lipinski definition) is 7. The topological polar surface area (TPSA) is 105 Å². The Kier molecular flexibility index (Phi) is 6.42. The molecule has 0 aliphatic rings. The highest BCUT2D eigenvalue weighted by atomic mass is 19.1. The summed E-state index contributed by atoms with van der Waals surface area (Å²) in [5, 5.41) is 11.3. The number of ether oxygens (including phenoxy) is 3. The van der Waals surface area contributed by atoms with Gasteiger partial charge in [-0.2, -0.15) is 0 Å². The molecule has 0 bridgehead atoms. The van der Waals surface area contributed by atoms with Crippen LogP contribution in [0.3, 0.4) is 0 Å². The quantitative estimate of drug-likeness (QED) is 0.301. The van der Waals surface area contributed by atoms with Gasteiger partial charge in [-0.15, -0.1) is 0 Å². The summed E-state index contributed by atoms with van der Waals surface area (Å²) in [6.07, 6.45) is 0. The maximum Gasteiger partial charge on any atom is 0.345 e. The van der Waals surface area contributed by atoms with Crippen molar-refractivity contribution in [1.29, 1.82) is 0 Å². The molecule has 0 aromatic heterocycles. The SMILES string of the molecule is CCOc1cc([N+](=O)[O-])c(C(=O)OCC(=O)c2ccc(F)cc2)cc1OC. The van der Waals surface area contributed by atoms with Crippen LogP contribution in [-0.2, 0) is 4.74 Å². The van der Waals surface area contributed by atoms with E-state index in [2.05, 4.69) is 0 Å². The molecule has 2 rings (SSSR count). The van der Waals surface area contributed by atoms with E-state index in [1.807, 2.05) is 0 Å². The van der Waals surface area contributed by atoms with Crippen LogP contribution in [0.4, 0.5) is 10.1 Å². The number of esters is 1. The average molecular weight is 377 g/mol. The third kappa shape index (κ3) is 4.78. The number of nitro benzene ring substituents is 1. The van der Waals surface area contributed by atoms with Gasteiger partial charge < -0.3 is 14.2 Å². The van der Waals surface area contributed by atoms with Crippen LogP contribution < -0.4 is 9.47 Å². The highest BCUT2D eigenvalue weighted by Crippen LogP contribution is 2.35. The highest BCUT2D eigenvalue weighted by Gasteiger charge is 2.26. The lowest BCUT2D eigenvalue weighted by Crippen LogP contribution is -2.15. The molecule has 0 unspecified atom stereocenters. The van der Waals surface area contributed by atoms with Gasteiger partial charge in [-0.1, -0.05) is 0 Å². The fourth-order valence-electron chi connectivity index (χ4n) is 2.22. The molecule has 0 N–H and O–H groups in total. The van der Waals surface area contributed by atoms with Crippen molar-refractivity contribution in [3.8, 4) is 11.5 Å². The lowest BCUT2D eigenvalue weighted by molar-refractivity contribution is -0.385. The summed E-state index contributed by atoms with van der Waals surface area (Å²) in [5.41, 5.74) is -0.784. The molecule has 27 heavy (non-hydrogen) atoms. The Hall–Kier alpha value is -3.49. The lowest BCUT2D eigenvalue weighted by Gasteiger charge is -2.11. The molecule has 0 aliphatic heterocycles. The number of halogens is 1. The maximum atomic E-state index is 12.9. The van der Waals surface area contributed by atoms with Gasteiger partial charge in [0.25, 0.3) is 5.69 Å². The van der Waals surface area contributed by atoms with E-state index < -0.39 is 34.8 Å². The fraction of sp³-hybridized carbons (Fsp3) is 0.222. The molecule has 0 atom stereocenters. The number of carbonyl (C=O) groups excluding carboxylic acids is 2. The van der Waals surface area contributed by atoms with E-state index in [1.165, 1.54) is 19.2 Å². The summed E-state index contributed by atoms with van der Waals surface area (Å²) in [7, 11) is 1.32. The third-order valence-corrected chi connectivity index (χ3v) is 3.50. The van der Waals surface area contributed by atoms with Gasteiger partial charge in [0.1, 0.15) is 11.4 Å². The summed E-state index contributed by atoms with van der Waals surface area (Å²) in [4.78, 5) is 34.8. The van der Waals surface area contributed by atoms with Crippen LogP contribution in [-0.4, -0.2) is 37.0 Å². The van der Waals surface area contributed by atoms with E-state index in [1.54, 1.807) is 6.92 Å². The molecule has 0 saturated heterocycles. The zero-order chi connectivity index (χ0) is 20.0. The molecule has 0 amide bonds. The minimum absolute atomic E-state index is 0.102. The maximum absolute atomic E-state index is 12.9. The first-order valence-electron chi connectivity index (χ1n) is 7.82. The van der Waals surface area contributed by atoms with Crippen molar-refractivity contribution >= 4 is 17.4 Å². The number of ketones is 1. The van der Waals surface area contributed by atoms with Gasteiger partial charge in [-0.05, 0) is 31.2 Å². The number of rotatable bonds is 8. The Balaban J connectivity index is 2.22. The molecule has 2 aromatic carbocycles. The first-order chi connectivity index (χ1) is 12.9. The summed E-state index contributed by atoms with van der Waals surface area (Å²) < 4.78 is 28.1. The van der Waals surface area contributed by atoms with Crippen molar-refractivity contribution in [2.24, 2.45) is 0 Å². The van der Waals surface area contributed by atoms with Crippen molar-refractivity contribution < 1.29 is 33.1 Å². The Morgan fingerprint density at radius 3 is 2.37 bits per heavy atom. The zero-order valence-electron chi connectivity index (χ0n) is 14.6. The van der Waals surface area contributed by atoms with E-state index >= 15 is 0 Å². The summed E-state index contributed by atoms with van der Waals surface area (Å²) in [5.74, 6) is -1.95. The van der Waals surface area contributed by atoms with Crippen molar-refractivity contribution in [3.05, 3.63) is 63.5 Å². The van der Waals surface area contributed by atoms with E-state index in [9.17, 15) is 24.1 Å². The number of benzene rings is 2. The van der Waals surface area contributed by atoms with E-state index in [0.717, 1.165) is 24.3 Å². The molecule has 9 heteroatoms. The molecular weight excluding hydrogens is 361 g/mol. The predicted octanol–water partition coefficient (Wildman–Crippen LogP) is 3.18. The summed E-state index contributed by atoms with van der Waals surface area (Å²) in [6.45, 7) is 1.27. The second kappa shape index (κ2) is 8.75. The highest BCUT2D eigenvalue weighted by molar-refractivity contribution is 6.00. The standard InChI is InChI=1S/C18H16FNO7/c1-3-26-17-9-14(20(23)24)13(8-16(17)25-2)18(22)27-10-15(21)11-4-6-12(19)7-5-11/h4-9H,3,10H2,1-2H3. The summed E-state index contributed by atoms with van der Waals surface area (Å²) >= 11 is 0. The molecule has 0 aliphatic carbocycles. The number of methoxy groups -OCH3 is 1. The fourth-order valence-corrected chi connectivity index (χ4v) is 2.22. The van der Waals surface area contributed by atoms with Crippen LogP contribution in [0.2, 0.25) is 0 Å². The Morgan fingerprint density at radius 2 is 1.81 bits per heavy atom. The first-order valence-corrected chi connectivity index (χ1v) is 7.82. The van der Waals surface area contributed by atoms with Crippen molar-refractivity contribution in [2.75, 3.05) is 20.3 Å². The van der Waals surface area contributed by atoms with Gasteiger partial charge in [0.05, 0.1) is 24.7 Å². The minimum Gasteiger partial charge on any atom is -0.493 e. The van der Waals surface area contributed by atoms with Gasteiger partial charge in [0.2, 0.25) is 0 Å². The Labute approximate surface area is 153 Å². The zero-order valence-corrected chi connectivity index (χ0v) is 14.6. The monoisotopic (exact) mass is 377 g/mol. The predicted molar refractivity (Wildman–Crippen MR) is 91.8 cm³/mol. The van der Waals surface area contributed by atoms with Gasteiger partial charge in [0, 0.05) is 11.6 Å². The van der Waals surface area contributed by atoms with Crippen molar-refractivity contribution in [2.45, 2.75) is 6.92 Å². The molecular formula is C18H16FNO7. The smallest absolute Gasteiger partial charge is 0.345 e. The number of Topliss-reactive ketones (excluding diaryl/α,β-unsaturated/α-hetero) is 1. The van der Waals surface area contributed by atoms with Crippen LogP contribution in [0.25, 0.3) is 0 Å². The third-order valence-electron chi connectivity index (χ3n) is 3.50. The van der Waals surface area contributed by atoms with Gasteiger partial charge in [-0.25, -0.2) is 9.18 Å². The second-order valence-corrected chi connectivity index (χ2v) is 5.22. The first kappa shape index (κ1) is 19.8. The van der Waals surface area contributed by atoms with Gasteiger partial charge in [0.15, 0.2) is 23.9 Å². The summed E-state index contributed by atoms with van der Waals surface area (Å²) in [6, 6.07) is 6.85. The molecule has 0 fully saturated rings. The molecule has 0 radical (unpaired) electrons. The van der Waals surface area contributed by atoms with E-state index in [4.69, 9.17) is 14.2 Å². The Bertz CT molecular complexity index is 865. The number of nitrogens with zero attached hydrogens (tertiary/aromatic N) is 1. The molecule has 0 saturated carbocycles. The van der Waals surface area contributed by atoms with Crippen molar-refractivity contribution in [1.82, 2.24) is 0 Å². The van der Waals surface area contributed by atoms with Crippen molar-refractivity contribution in [3.63, 3.8) is 0 Å². The molecule has 0 spiro atoms. The average Bonchev–Trinajstić information content (AvgIpc) is 2.66. The Morgan fingerprint density at radius 1 is 1.15 bits per heavy atom. The minimum atomic E-state index is -1.07. The van der Waals surface area contributed by atoms with Crippen LogP contribution >= 0.6 is 0 Å². The number of carbonyl (C=O) groups is 2. The van der Waals surface area contributed by atoms with Crippen LogP contribution in [0.15, 0.2) is 36.4 Å². The molecule has 142 valence electrons. The number of hydrogen-bond donors (Lipinski definition) is 0. The lowest BCUT2D eigenvalue weighted by atomic mass is 10.1. The largest absolute Gasteiger partial charge is 0.493 e. The van der Waals surface area contributed by atoms with Gasteiger partial charge in [-0.3, -0.25) is 14.9 Å². The van der Waals surface area contributed by atoms with Crippen LogP contribution in [0.1, 0.15) is 27.6 Å². The molecule has 2 aromatic rings. The normalized spacial score (nSPS) is 10.2. The molecule has 8 nitrogen and oxygen atoms in total. The number of nitro groups is 1. The van der Waals surface area contributed by atoms with E-state index in [0.29, 0.717) is 0 Å². The van der Waals surface area contributed by atoms with E-state index in [-0.39, 0.29) is 29.2 Å². The second-order valence-electron chi connectivity index (χ2n) is 5.22. The van der Waals surface area contributed by atoms with Crippen LogP contribution in [0.5, 0.6) is 11.5 Å². The molecule has 0 heterocycles. The van der Waals surface area contributed by atoms with Crippen LogP contribution in [0, 0.1) is 15.9 Å². The van der Waals surface area contributed by atoms with Gasteiger partial charge >= 0.3 is 5.97 Å².